The Hall–Kier alpha value is -0.860. The smallest absolute Gasteiger partial charge is 0.0683 e. The quantitative estimate of drug-likeness (QED) is 0.809. The monoisotopic (exact) mass is 301 g/mol. The summed E-state index contributed by atoms with van der Waals surface area (Å²) < 4.78 is 6.47. The third-order valence-electron chi connectivity index (χ3n) is 6.79. The first-order valence-electron chi connectivity index (χ1n) is 8.69. The van der Waals surface area contributed by atoms with E-state index in [9.17, 15) is 0 Å². The van der Waals surface area contributed by atoms with Crippen LogP contribution in [0.4, 0.5) is 0 Å². The van der Waals surface area contributed by atoms with E-state index >= 15 is 0 Å². The zero-order valence-corrected chi connectivity index (χ0v) is 14.8. The first-order valence-corrected chi connectivity index (χ1v) is 8.69. The molecular weight excluding hydrogens is 270 g/mol. The summed E-state index contributed by atoms with van der Waals surface area (Å²) in [7, 11) is 4.23. The highest BCUT2D eigenvalue weighted by Gasteiger charge is 2.66. The maximum absolute atomic E-state index is 6.47. The van der Waals surface area contributed by atoms with Crippen molar-refractivity contribution >= 4 is 0 Å². The highest BCUT2D eigenvalue weighted by Crippen LogP contribution is 2.71. The maximum atomic E-state index is 6.47. The van der Waals surface area contributed by atoms with Crippen LogP contribution >= 0.6 is 0 Å². The second kappa shape index (κ2) is 5.65. The van der Waals surface area contributed by atoms with Gasteiger partial charge in [0.05, 0.1) is 12.7 Å². The summed E-state index contributed by atoms with van der Waals surface area (Å²) in [4.78, 5) is 2.21. The lowest BCUT2D eigenvalue weighted by molar-refractivity contribution is -0.0137. The van der Waals surface area contributed by atoms with Crippen molar-refractivity contribution in [3.05, 3.63) is 35.9 Å². The van der Waals surface area contributed by atoms with Crippen molar-refractivity contribution in [3.8, 4) is 0 Å². The van der Waals surface area contributed by atoms with E-state index in [-0.39, 0.29) is 0 Å². The van der Waals surface area contributed by atoms with E-state index in [4.69, 9.17) is 4.74 Å². The topological polar surface area (TPSA) is 12.5 Å². The van der Waals surface area contributed by atoms with Gasteiger partial charge in [-0.05, 0) is 49.2 Å². The third-order valence-corrected chi connectivity index (χ3v) is 6.79. The van der Waals surface area contributed by atoms with Crippen LogP contribution in [-0.2, 0) is 4.74 Å². The van der Waals surface area contributed by atoms with Crippen molar-refractivity contribution in [1.29, 1.82) is 0 Å². The molecule has 0 aliphatic heterocycles. The Morgan fingerprint density at radius 2 is 1.82 bits per heavy atom. The molecule has 2 nitrogen and oxygen atoms in total. The second-order valence-corrected chi connectivity index (χ2v) is 8.31. The summed E-state index contributed by atoms with van der Waals surface area (Å²) in [5.74, 6) is 1.22. The van der Waals surface area contributed by atoms with Crippen LogP contribution in [0.25, 0.3) is 0 Å². The highest BCUT2D eigenvalue weighted by molar-refractivity contribution is 5.31. The predicted molar refractivity (Wildman–Crippen MR) is 92.1 cm³/mol. The van der Waals surface area contributed by atoms with Crippen LogP contribution in [0.5, 0.6) is 0 Å². The fraction of sp³-hybridized carbons (Fsp3) is 0.700. The fourth-order valence-electron chi connectivity index (χ4n) is 5.09. The number of hydrogen-bond donors (Lipinski definition) is 0. The molecule has 1 aromatic rings. The molecule has 2 aliphatic rings. The molecule has 0 spiro atoms. The van der Waals surface area contributed by atoms with Gasteiger partial charge in [-0.1, -0.05) is 51.1 Å². The Labute approximate surface area is 135 Å². The number of fused-ring (bicyclic) bond motifs is 2. The average molecular weight is 301 g/mol. The molecule has 0 radical (unpaired) electrons. The van der Waals surface area contributed by atoms with E-state index in [1.165, 1.54) is 18.4 Å². The van der Waals surface area contributed by atoms with Gasteiger partial charge in [0.1, 0.15) is 0 Å². The Morgan fingerprint density at radius 1 is 1.14 bits per heavy atom. The first kappa shape index (κ1) is 16.0. The molecule has 0 saturated heterocycles. The molecule has 0 aromatic heterocycles. The molecule has 0 unspecified atom stereocenters. The van der Waals surface area contributed by atoms with Crippen LogP contribution < -0.4 is 0 Å². The Balaban J connectivity index is 1.89. The number of hydrogen-bond acceptors (Lipinski definition) is 2. The van der Waals surface area contributed by atoms with Crippen molar-refractivity contribution < 1.29 is 4.74 Å². The fourth-order valence-corrected chi connectivity index (χ4v) is 5.09. The van der Waals surface area contributed by atoms with Gasteiger partial charge in [0, 0.05) is 12.5 Å². The Bertz CT molecular complexity index is 510. The van der Waals surface area contributed by atoms with E-state index in [0.29, 0.717) is 28.8 Å². The van der Waals surface area contributed by atoms with Crippen LogP contribution in [0, 0.1) is 16.7 Å². The largest absolute Gasteiger partial charge is 0.376 e. The second-order valence-electron chi connectivity index (χ2n) is 8.31. The molecule has 2 heteroatoms. The van der Waals surface area contributed by atoms with Gasteiger partial charge in [0.15, 0.2) is 0 Å². The number of nitrogens with zero attached hydrogens (tertiary/aromatic N) is 1. The summed E-state index contributed by atoms with van der Waals surface area (Å²) in [5.41, 5.74) is 2.17. The van der Waals surface area contributed by atoms with Crippen LogP contribution in [0.2, 0.25) is 0 Å². The van der Waals surface area contributed by atoms with Crippen LogP contribution in [0.3, 0.4) is 0 Å². The maximum Gasteiger partial charge on any atom is 0.0683 e. The van der Waals surface area contributed by atoms with Crippen molar-refractivity contribution in [3.63, 3.8) is 0 Å². The van der Waals surface area contributed by atoms with E-state index in [0.717, 1.165) is 13.2 Å². The summed E-state index contributed by atoms with van der Waals surface area (Å²) in [6, 6.07) is 11.1. The molecular formula is C20H31NO. The Morgan fingerprint density at radius 3 is 2.45 bits per heavy atom. The summed E-state index contributed by atoms with van der Waals surface area (Å²) in [6.07, 6.45) is 3.02. The van der Waals surface area contributed by atoms with E-state index in [1.807, 2.05) is 0 Å². The zero-order valence-electron chi connectivity index (χ0n) is 14.8. The van der Waals surface area contributed by atoms with Gasteiger partial charge in [-0.15, -0.1) is 0 Å². The third kappa shape index (κ3) is 2.32. The van der Waals surface area contributed by atoms with Crippen molar-refractivity contribution in [2.45, 2.75) is 45.6 Å². The minimum Gasteiger partial charge on any atom is -0.376 e. The van der Waals surface area contributed by atoms with Crippen LogP contribution in [-0.4, -0.2) is 38.3 Å². The summed E-state index contributed by atoms with van der Waals surface area (Å²) in [6.45, 7) is 9.28. The lowest BCUT2D eigenvalue weighted by atomic mass is 9.65. The number of rotatable bonds is 5. The standard InChI is InChI=1S/C20H31NO/c1-19(2)16-11-12-20(19,3)17(15-9-7-6-8-10-15)18(16)22-14-13-21(4)5/h6-10,16-18H,11-14H2,1-5H3/t16-,17+,18+,20-/m0/s1. The molecule has 2 aliphatic carbocycles. The van der Waals surface area contributed by atoms with Gasteiger partial charge in [-0.25, -0.2) is 0 Å². The van der Waals surface area contributed by atoms with E-state index in [1.54, 1.807) is 0 Å². The highest BCUT2D eigenvalue weighted by atomic mass is 16.5. The number of benzene rings is 1. The predicted octanol–water partition coefficient (Wildman–Crippen LogP) is 4.17. The first-order chi connectivity index (χ1) is 10.4. The lowest BCUT2D eigenvalue weighted by Crippen LogP contribution is -2.35. The van der Waals surface area contributed by atoms with Crippen molar-refractivity contribution in [2.24, 2.45) is 16.7 Å². The molecule has 2 saturated carbocycles. The van der Waals surface area contributed by atoms with Gasteiger partial charge in [-0.3, -0.25) is 0 Å². The summed E-state index contributed by atoms with van der Waals surface area (Å²) >= 11 is 0. The molecule has 2 fully saturated rings. The van der Waals surface area contributed by atoms with Crippen molar-refractivity contribution in [1.82, 2.24) is 4.90 Å². The zero-order chi connectivity index (χ0) is 16.0. The number of ether oxygens (including phenoxy) is 1. The average Bonchev–Trinajstić information content (AvgIpc) is 2.78. The number of likely N-dealkylation sites (N-methyl/N-ethyl adjacent to an activating group) is 1. The van der Waals surface area contributed by atoms with Gasteiger partial charge >= 0.3 is 0 Å². The normalized spacial score (nSPS) is 36.2. The molecule has 3 rings (SSSR count). The van der Waals surface area contributed by atoms with Crippen LogP contribution in [0.1, 0.15) is 45.1 Å². The summed E-state index contributed by atoms with van der Waals surface area (Å²) in [5, 5.41) is 0. The molecule has 4 atom stereocenters. The molecule has 22 heavy (non-hydrogen) atoms. The molecule has 122 valence electrons. The van der Waals surface area contributed by atoms with Gasteiger partial charge in [-0.2, -0.15) is 0 Å². The minimum atomic E-state index is 0.349. The van der Waals surface area contributed by atoms with Crippen molar-refractivity contribution in [2.75, 3.05) is 27.2 Å². The Kier molecular flexibility index (Phi) is 4.11. The molecule has 1 aromatic carbocycles. The molecule has 2 bridgehead atoms. The molecule has 0 amide bonds. The SMILES string of the molecule is CN(C)CCO[C@H]1[C@@H](c2ccccc2)[C@]2(C)CC[C@@H]1C2(C)C. The minimum absolute atomic E-state index is 0.349. The van der Waals surface area contributed by atoms with Gasteiger partial charge in [0.25, 0.3) is 0 Å². The van der Waals surface area contributed by atoms with E-state index in [2.05, 4.69) is 70.1 Å². The molecule has 0 heterocycles. The van der Waals surface area contributed by atoms with Gasteiger partial charge in [0.2, 0.25) is 0 Å². The lowest BCUT2D eigenvalue weighted by Gasteiger charge is -2.40. The van der Waals surface area contributed by atoms with Crippen LogP contribution in [0.15, 0.2) is 30.3 Å². The van der Waals surface area contributed by atoms with Gasteiger partial charge < -0.3 is 9.64 Å². The molecule has 0 N–H and O–H groups in total. The van der Waals surface area contributed by atoms with E-state index < -0.39 is 0 Å².